The zero-order chi connectivity index (χ0) is 23.1. The van der Waals surface area contributed by atoms with E-state index in [2.05, 4.69) is 10.6 Å². The number of carbonyl (C=O) groups is 2. The van der Waals surface area contributed by atoms with Gasteiger partial charge in [-0.2, -0.15) is 0 Å². The van der Waals surface area contributed by atoms with Crippen LogP contribution in [0.15, 0.2) is 52.9 Å². The van der Waals surface area contributed by atoms with E-state index in [0.717, 1.165) is 0 Å². The Bertz CT molecular complexity index is 1120. The number of carbonyl (C=O) groups excluding carboxylic acids is 2. The number of benzene rings is 2. The molecule has 8 nitrogen and oxygen atoms in total. The van der Waals surface area contributed by atoms with E-state index in [1.807, 2.05) is 0 Å². The van der Waals surface area contributed by atoms with Gasteiger partial charge in [0.1, 0.15) is 29.6 Å². The minimum atomic E-state index is -0.548. The van der Waals surface area contributed by atoms with Crippen molar-refractivity contribution < 1.29 is 28.2 Å². The Hall–Kier alpha value is -3.36. The molecule has 0 bridgehead atoms. The van der Waals surface area contributed by atoms with Gasteiger partial charge in [-0.15, -0.1) is 0 Å². The summed E-state index contributed by atoms with van der Waals surface area (Å²) < 4.78 is 21.4. The van der Waals surface area contributed by atoms with Crippen molar-refractivity contribution in [2.75, 3.05) is 26.1 Å². The van der Waals surface area contributed by atoms with E-state index < -0.39 is 11.8 Å². The second-order valence-electron chi connectivity index (χ2n) is 6.43. The molecule has 0 aliphatic heterocycles. The summed E-state index contributed by atoms with van der Waals surface area (Å²) >= 11 is 11.9. The van der Waals surface area contributed by atoms with Gasteiger partial charge >= 0.3 is 0 Å². The van der Waals surface area contributed by atoms with Crippen molar-refractivity contribution in [3.8, 4) is 17.2 Å². The van der Waals surface area contributed by atoms with Gasteiger partial charge in [-0.3, -0.25) is 9.59 Å². The fourth-order valence-corrected chi connectivity index (χ4v) is 3.14. The number of furan rings is 1. The summed E-state index contributed by atoms with van der Waals surface area (Å²) in [6.45, 7) is -0.211. The molecule has 32 heavy (non-hydrogen) atoms. The average Bonchev–Trinajstić information content (AvgIpc) is 3.26. The van der Waals surface area contributed by atoms with E-state index >= 15 is 0 Å². The minimum Gasteiger partial charge on any atom is -0.497 e. The molecule has 0 aliphatic rings. The standard InChI is InChI=1S/C22H20Cl2N2O6/c1-29-14-4-7-19(30-2)17(10-14)26-21(27)11-25-22(28)20-8-5-15(32-20)12-31-18-6-3-13(23)9-16(18)24/h3-10H,11-12H2,1-2H3,(H,25,28)(H,26,27). The maximum Gasteiger partial charge on any atom is 0.287 e. The predicted octanol–water partition coefficient (Wildman–Crippen LogP) is 4.55. The average molecular weight is 479 g/mol. The van der Waals surface area contributed by atoms with E-state index in [0.29, 0.717) is 38.7 Å². The summed E-state index contributed by atoms with van der Waals surface area (Å²) in [5, 5.41) is 6.01. The van der Waals surface area contributed by atoms with Gasteiger partial charge in [0.25, 0.3) is 5.91 Å². The first-order valence-electron chi connectivity index (χ1n) is 9.36. The monoisotopic (exact) mass is 478 g/mol. The molecule has 1 heterocycles. The first-order valence-corrected chi connectivity index (χ1v) is 10.1. The molecule has 2 aromatic carbocycles. The summed E-state index contributed by atoms with van der Waals surface area (Å²) in [6.07, 6.45) is 0. The Morgan fingerprint density at radius 3 is 2.47 bits per heavy atom. The van der Waals surface area contributed by atoms with Gasteiger partial charge in [-0.25, -0.2) is 0 Å². The minimum absolute atomic E-state index is 0.0394. The molecule has 168 valence electrons. The number of methoxy groups -OCH3 is 2. The fraction of sp³-hybridized carbons (Fsp3) is 0.182. The SMILES string of the molecule is COc1ccc(OC)c(NC(=O)CNC(=O)c2ccc(COc3ccc(Cl)cc3Cl)o2)c1. The molecular weight excluding hydrogens is 459 g/mol. The Kier molecular flexibility index (Phi) is 7.86. The van der Waals surface area contributed by atoms with E-state index in [9.17, 15) is 9.59 Å². The number of amides is 2. The van der Waals surface area contributed by atoms with Crippen LogP contribution in [0.3, 0.4) is 0 Å². The Morgan fingerprint density at radius 1 is 0.969 bits per heavy atom. The van der Waals surface area contributed by atoms with E-state index in [1.165, 1.54) is 20.3 Å². The molecule has 0 radical (unpaired) electrons. The lowest BCUT2D eigenvalue weighted by atomic mass is 10.2. The molecule has 3 rings (SSSR count). The zero-order valence-corrected chi connectivity index (χ0v) is 18.8. The van der Waals surface area contributed by atoms with Crippen molar-refractivity contribution in [1.82, 2.24) is 5.32 Å². The molecular formula is C22H20Cl2N2O6. The maximum atomic E-state index is 12.3. The van der Waals surface area contributed by atoms with Crippen LogP contribution in [0.5, 0.6) is 17.2 Å². The highest BCUT2D eigenvalue weighted by Crippen LogP contribution is 2.29. The molecule has 2 amide bonds. The Labute approximate surface area is 194 Å². The second kappa shape index (κ2) is 10.8. The van der Waals surface area contributed by atoms with Gasteiger partial charge in [0.05, 0.1) is 31.5 Å². The molecule has 10 heteroatoms. The molecule has 0 saturated heterocycles. The summed E-state index contributed by atoms with van der Waals surface area (Å²) in [5.74, 6) is 0.899. The fourth-order valence-electron chi connectivity index (χ4n) is 2.67. The Morgan fingerprint density at radius 2 is 1.75 bits per heavy atom. The van der Waals surface area contributed by atoms with Crippen molar-refractivity contribution in [3.63, 3.8) is 0 Å². The third-order valence-corrected chi connectivity index (χ3v) is 4.77. The number of anilines is 1. The normalized spacial score (nSPS) is 10.4. The number of halogens is 2. The quantitative estimate of drug-likeness (QED) is 0.467. The number of hydrogen-bond donors (Lipinski definition) is 2. The van der Waals surface area contributed by atoms with Gasteiger partial charge in [0, 0.05) is 11.1 Å². The van der Waals surface area contributed by atoms with Crippen molar-refractivity contribution >= 4 is 40.7 Å². The van der Waals surface area contributed by atoms with Crippen LogP contribution in [0, 0.1) is 0 Å². The lowest BCUT2D eigenvalue weighted by Crippen LogP contribution is -2.32. The largest absolute Gasteiger partial charge is 0.497 e. The number of nitrogens with one attached hydrogen (secondary N) is 2. The molecule has 0 atom stereocenters. The van der Waals surface area contributed by atoms with Crippen LogP contribution in [0.2, 0.25) is 10.0 Å². The number of rotatable bonds is 9. The molecule has 2 N–H and O–H groups in total. The molecule has 0 unspecified atom stereocenters. The lowest BCUT2D eigenvalue weighted by molar-refractivity contribution is -0.115. The van der Waals surface area contributed by atoms with Crippen LogP contribution in [0.4, 0.5) is 5.69 Å². The van der Waals surface area contributed by atoms with Gasteiger partial charge in [0.2, 0.25) is 5.91 Å². The smallest absolute Gasteiger partial charge is 0.287 e. The Balaban J connectivity index is 1.52. The molecule has 0 aliphatic carbocycles. The van der Waals surface area contributed by atoms with Crippen LogP contribution >= 0.6 is 23.2 Å². The van der Waals surface area contributed by atoms with E-state index in [4.69, 9.17) is 41.8 Å². The first kappa shape index (κ1) is 23.3. The lowest BCUT2D eigenvalue weighted by Gasteiger charge is -2.12. The highest BCUT2D eigenvalue weighted by Gasteiger charge is 2.15. The van der Waals surface area contributed by atoms with Crippen molar-refractivity contribution in [2.45, 2.75) is 6.61 Å². The molecule has 3 aromatic rings. The van der Waals surface area contributed by atoms with Crippen LogP contribution < -0.4 is 24.8 Å². The van der Waals surface area contributed by atoms with Gasteiger partial charge in [0.15, 0.2) is 5.76 Å². The van der Waals surface area contributed by atoms with E-state index in [1.54, 1.807) is 42.5 Å². The molecule has 0 saturated carbocycles. The van der Waals surface area contributed by atoms with E-state index in [-0.39, 0.29) is 18.9 Å². The van der Waals surface area contributed by atoms with Crippen LogP contribution in [0.1, 0.15) is 16.3 Å². The molecule has 0 spiro atoms. The van der Waals surface area contributed by atoms with Crippen LogP contribution in [-0.4, -0.2) is 32.6 Å². The van der Waals surface area contributed by atoms with Crippen molar-refractivity contribution in [2.24, 2.45) is 0 Å². The summed E-state index contributed by atoms with van der Waals surface area (Å²) in [5.41, 5.74) is 0.421. The summed E-state index contributed by atoms with van der Waals surface area (Å²) in [6, 6.07) is 12.9. The number of ether oxygens (including phenoxy) is 3. The second-order valence-corrected chi connectivity index (χ2v) is 7.27. The topological polar surface area (TPSA) is 99.0 Å². The van der Waals surface area contributed by atoms with Crippen molar-refractivity contribution in [1.29, 1.82) is 0 Å². The van der Waals surface area contributed by atoms with Crippen LogP contribution in [0.25, 0.3) is 0 Å². The predicted molar refractivity (Wildman–Crippen MR) is 120 cm³/mol. The van der Waals surface area contributed by atoms with Gasteiger partial charge in [-0.05, 0) is 42.5 Å². The molecule has 0 fully saturated rings. The summed E-state index contributed by atoms with van der Waals surface area (Å²) in [4.78, 5) is 24.5. The third kappa shape index (κ3) is 6.09. The highest BCUT2D eigenvalue weighted by molar-refractivity contribution is 6.35. The highest BCUT2D eigenvalue weighted by atomic mass is 35.5. The van der Waals surface area contributed by atoms with Gasteiger partial charge < -0.3 is 29.3 Å². The summed E-state index contributed by atoms with van der Waals surface area (Å²) in [7, 11) is 3.00. The zero-order valence-electron chi connectivity index (χ0n) is 17.2. The number of hydrogen-bond acceptors (Lipinski definition) is 6. The third-order valence-electron chi connectivity index (χ3n) is 4.24. The van der Waals surface area contributed by atoms with Crippen molar-refractivity contribution in [3.05, 3.63) is 70.1 Å². The maximum absolute atomic E-state index is 12.3. The van der Waals surface area contributed by atoms with Crippen LogP contribution in [-0.2, 0) is 11.4 Å². The van der Waals surface area contributed by atoms with Gasteiger partial charge in [-0.1, -0.05) is 23.2 Å². The first-order chi connectivity index (χ1) is 15.4. The molecule has 1 aromatic heterocycles.